The maximum absolute atomic E-state index is 12.6. The van der Waals surface area contributed by atoms with Crippen molar-refractivity contribution in [3.63, 3.8) is 0 Å². The van der Waals surface area contributed by atoms with Gasteiger partial charge in [-0.2, -0.15) is 0 Å². The molecule has 1 amide bonds. The van der Waals surface area contributed by atoms with Gasteiger partial charge >= 0.3 is 0 Å². The van der Waals surface area contributed by atoms with Gasteiger partial charge in [-0.3, -0.25) is 4.79 Å². The number of rotatable bonds is 6. The third kappa shape index (κ3) is 5.02. The molecule has 0 aliphatic heterocycles. The molecule has 0 fully saturated rings. The lowest BCUT2D eigenvalue weighted by Gasteiger charge is -2.20. The summed E-state index contributed by atoms with van der Waals surface area (Å²) in [5.74, 6) is 0.0724. The van der Waals surface area contributed by atoms with Crippen molar-refractivity contribution in [2.75, 3.05) is 0 Å². The van der Waals surface area contributed by atoms with E-state index in [1.54, 1.807) is 11.8 Å². The number of halogens is 1. The van der Waals surface area contributed by atoms with Gasteiger partial charge in [0.1, 0.15) is 0 Å². The zero-order valence-corrected chi connectivity index (χ0v) is 16.2. The summed E-state index contributed by atoms with van der Waals surface area (Å²) in [5, 5.41) is 3.74. The summed E-state index contributed by atoms with van der Waals surface area (Å²) >= 11 is 7.49. The molecule has 2 aromatic carbocycles. The van der Waals surface area contributed by atoms with Crippen molar-refractivity contribution in [2.45, 2.75) is 50.3 Å². The van der Waals surface area contributed by atoms with Crippen molar-refractivity contribution in [1.82, 2.24) is 5.32 Å². The van der Waals surface area contributed by atoms with Crippen LogP contribution in [0.15, 0.2) is 47.4 Å². The van der Waals surface area contributed by atoms with E-state index in [-0.39, 0.29) is 17.2 Å². The Morgan fingerprint density at radius 2 is 1.79 bits per heavy atom. The maximum Gasteiger partial charge on any atom is 0.233 e. The summed E-state index contributed by atoms with van der Waals surface area (Å²) in [6.45, 7) is 8.26. The molecular formula is C20H24ClNOS. The Morgan fingerprint density at radius 3 is 2.38 bits per heavy atom. The van der Waals surface area contributed by atoms with Crippen LogP contribution in [0.3, 0.4) is 0 Å². The molecule has 1 N–H and O–H groups in total. The van der Waals surface area contributed by atoms with Crippen LogP contribution in [0.4, 0.5) is 0 Å². The predicted octanol–water partition coefficient (Wildman–Crippen LogP) is 5.70. The highest BCUT2D eigenvalue weighted by Gasteiger charge is 2.20. The number of hydrogen-bond donors (Lipinski definition) is 1. The van der Waals surface area contributed by atoms with Crippen molar-refractivity contribution in [3.05, 3.63) is 64.2 Å². The first-order valence-corrected chi connectivity index (χ1v) is 9.46. The van der Waals surface area contributed by atoms with Crippen molar-refractivity contribution >= 4 is 29.3 Å². The highest BCUT2D eigenvalue weighted by atomic mass is 35.5. The molecule has 4 heteroatoms. The van der Waals surface area contributed by atoms with E-state index in [0.29, 0.717) is 5.02 Å². The second-order valence-electron chi connectivity index (χ2n) is 6.04. The van der Waals surface area contributed by atoms with Crippen LogP contribution in [0.2, 0.25) is 5.02 Å². The number of thioether (sulfide) groups is 1. The van der Waals surface area contributed by atoms with Gasteiger partial charge in [0.2, 0.25) is 5.91 Å². The number of carbonyl (C=O) groups excluding carboxylic acids is 1. The minimum absolute atomic E-state index is 0.00309. The topological polar surface area (TPSA) is 29.1 Å². The molecule has 0 aliphatic rings. The molecule has 128 valence electrons. The van der Waals surface area contributed by atoms with Gasteiger partial charge in [0.25, 0.3) is 0 Å². The molecule has 0 aliphatic carbocycles. The summed E-state index contributed by atoms with van der Waals surface area (Å²) < 4.78 is 0. The molecule has 0 radical (unpaired) electrons. The van der Waals surface area contributed by atoms with Crippen molar-refractivity contribution in [2.24, 2.45) is 0 Å². The van der Waals surface area contributed by atoms with Gasteiger partial charge in [0.15, 0.2) is 0 Å². The van der Waals surface area contributed by atoms with E-state index in [1.807, 2.05) is 38.1 Å². The van der Waals surface area contributed by atoms with Crippen LogP contribution in [0.5, 0.6) is 0 Å². The van der Waals surface area contributed by atoms with Crippen molar-refractivity contribution in [1.29, 1.82) is 0 Å². The van der Waals surface area contributed by atoms with Gasteiger partial charge in [-0.15, -0.1) is 11.8 Å². The number of hydrogen-bond acceptors (Lipinski definition) is 2. The quantitative estimate of drug-likeness (QED) is 0.668. The largest absolute Gasteiger partial charge is 0.349 e. The lowest BCUT2D eigenvalue weighted by atomic mass is 10.0. The Morgan fingerprint density at radius 1 is 1.12 bits per heavy atom. The Labute approximate surface area is 154 Å². The summed E-state index contributed by atoms with van der Waals surface area (Å²) in [6.07, 6.45) is 0.777. The minimum atomic E-state index is -0.111. The van der Waals surface area contributed by atoms with Gasteiger partial charge in [-0.25, -0.2) is 0 Å². The fourth-order valence-corrected chi connectivity index (χ4v) is 3.51. The van der Waals surface area contributed by atoms with E-state index in [4.69, 9.17) is 11.6 Å². The SMILES string of the molecule is CC[C@@H](Sc1ccc(Cl)cc1)C(=O)N[C@@H](C)c1ccc(C)c(C)c1. The average molecular weight is 362 g/mol. The van der Waals surface area contributed by atoms with Gasteiger partial charge in [0.05, 0.1) is 11.3 Å². The maximum atomic E-state index is 12.6. The van der Waals surface area contributed by atoms with E-state index in [9.17, 15) is 4.79 Å². The zero-order chi connectivity index (χ0) is 17.7. The van der Waals surface area contributed by atoms with Gasteiger partial charge < -0.3 is 5.32 Å². The molecule has 0 heterocycles. The average Bonchev–Trinajstić information content (AvgIpc) is 2.56. The van der Waals surface area contributed by atoms with Gasteiger partial charge in [-0.1, -0.05) is 36.7 Å². The second kappa shape index (κ2) is 8.59. The molecule has 0 saturated heterocycles. The summed E-state index contributed by atoms with van der Waals surface area (Å²) in [4.78, 5) is 13.7. The van der Waals surface area contributed by atoms with Crippen LogP contribution in [0.25, 0.3) is 0 Å². The molecular weight excluding hydrogens is 338 g/mol. The summed E-state index contributed by atoms with van der Waals surface area (Å²) in [6, 6.07) is 13.9. The van der Waals surface area contributed by atoms with Crippen LogP contribution in [0, 0.1) is 13.8 Å². The molecule has 2 aromatic rings. The number of nitrogens with one attached hydrogen (secondary N) is 1. The van der Waals surface area contributed by atoms with Crippen LogP contribution in [0.1, 0.15) is 43.0 Å². The third-order valence-corrected chi connectivity index (χ3v) is 5.77. The third-order valence-electron chi connectivity index (χ3n) is 4.14. The first-order valence-electron chi connectivity index (χ1n) is 8.20. The molecule has 2 nitrogen and oxygen atoms in total. The smallest absolute Gasteiger partial charge is 0.233 e. The van der Waals surface area contributed by atoms with E-state index in [2.05, 4.69) is 37.4 Å². The first-order chi connectivity index (χ1) is 11.4. The summed E-state index contributed by atoms with van der Waals surface area (Å²) in [7, 11) is 0. The number of aryl methyl sites for hydroxylation is 2. The fourth-order valence-electron chi connectivity index (χ4n) is 2.42. The van der Waals surface area contributed by atoms with Gasteiger partial charge in [0, 0.05) is 9.92 Å². The molecule has 0 spiro atoms. The summed E-state index contributed by atoms with van der Waals surface area (Å²) in [5.41, 5.74) is 3.65. The van der Waals surface area contributed by atoms with Crippen molar-refractivity contribution < 1.29 is 4.79 Å². The number of carbonyl (C=O) groups is 1. The standard InChI is InChI=1S/C20H24ClNOS/c1-5-19(24-18-10-8-17(21)9-11-18)20(23)22-15(4)16-7-6-13(2)14(3)12-16/h6-12,15,19H,5H2,1-4H3,(H,22,23)/t15-,19+/m0/s1. The molecule has 0 unspecified atom stereocenters. The Kier molecular flexibility index (Phi) is 6.76. The second-order valence-corrected chi connectivity index (χ2v) is 7.76. The molecule has 0 aromatic heterocycles. The minimum Gasteiger partial charge on any atom is -0.349 e. The van der Waals surface area contributed by atoms with Crippen LogP contribution < -0.4 is 5.32 Å². The molecule has 24 heavy (non-hydrogen) atoms. The highest BCUT2D eigenvalue weighted by Crippen LogP contribution is 2.27. The molecule has 0 saturated carbocycles. The van der Waals surface area contributed by atoms with E-state index in [0.717, 1.165) is 16.9 Å². The molecule has 2 atom stereocenters. The fraction of sp³-hybridized carbons (Fsp3) is 0.350. The van der Waals surface area contributed by atoms with E-state index in [1.165, 1.54) is 11.1 Å². The van der Waals surface area contributed by atoms with Crippen LogP contribution >= 0.6 is 23.4 Å². The lowest BCUT2D eigenvalue weighted by molar-refractivity contribution is -0.121. The van der Waals surface area contributed by atoms with Crippen molar-refractivity contribution in [3.8, 4) is 0 Å². The van der Waals surface area contributed by atoms with E-state index < -0.39 is 0 Å². The zero-order valence-electron chi connectivity index (χ0n) is 14.6. The van der Waals surface area contributed by atoms with Gasteiger partial charge in [-0.05, 0) is 68.1 Å². The van der Waals surface area contributed by atoms with Crippen LogP contribution in [-0.2, 0) is 4.79 Å². The Balaban J connectivity index is 2.02. The number of amides is 1. The predicted molar refractivity (Wildman–Crippen MR) is 104 cm³/mol. The Hall–Kier alpha value is -1.45. The number of benzene rings is 2. The monoisotopic (exact) mass is 361 g/mol. The normalized spacial score (nSPS) is 13.4. The van der Waals surface area contributed by atoms with E-state index >= 15 is 0 Å². The Bertz CT molecular complexity index is 699. The molecule has 0 bridgehead atoms. The molecule has 2 rings (SSSR count). The lowest BCUT2D eigenvalue weighted by Crippen LogP contribution is -2.34. The van der Waals surface area contributed by atoms with Crippen LogP contribution in [-0.4, -0.2) is 11.2 Å². The first kappa shape index (κ1) is 18.9. The highest BCUT2D eigenvalue weighted by molar-refractivity contribution is 8.00.